The molecular weight excluding hydrogens is 226 g/mol. The van der Waals surface area contributed by atoms with Crippen LogP contribution in [0, 0.1) is 6.92 Å². The van der Waals surface area contributed by atoms with Gasteiger partial charge in [-0.25, -0.2) is 0 Å². The fraction of sp³-hybridized carbons (Fsp3) is 0.571. The molecule has 0 aliphatic carbocycles. The first-order chi connectivity index (χ1) is 8.52. The van der Waals surface area contributed by atoms with E-state index in [2.05, 4.69) is 17.2 Å². The van der Waals surface area contributed by atoms with E-state index in [1.54, 1.807) is 6.20 Å². The van der Waals surface area contributed by atoms with Crippen LogP contribution in [-0.4, -0.2) is 36.4 Å². The third kappa shape index (κ3) is 4.84. The van der Waals surface area contributed by atoms with Gasteiger partial charge in [0.25, 0.3) is 0 Å². The molecule has 0 fully saturated rings. The maximum absolute atomic E-state index is 11.8. The van der Waals surface area contributed by atoms with E-state index in [-0.39, 0.29) is 11.9 Å². The highest BCUT2D eigenvalue weighted by Crippen LogP contribution is 2.15. The molecule has 4 heteroatoms. The van der Waals surface area contributed by atoms with Gasteiger partial charge in [0.15, 0.2) is 0 Å². The van der Waals surface area contributed by atoms with Crippen molar-refractivity contribution in [1.29, 1.82) is 0 Å². The molecule has 0 aliphatic heterocycles. The minimum absolute atomic E-state index is 0.0135. The first-order valence-electron chi connectivity index (χ1n) is 6.39. The van der Waals surface area contributed by atoms with E-state index in [0.717, 1.165) is 18.7 Å². The number of hydrogen-bond donors (Lipinski definition) is 1. The Hall–Kier alpha value is -1.42. The van der Waals surface area contributed by atoms with Crippen LogP contribution in [0.5, 0.6) is 0 Å². The molecule has 1 rings (SSSR count). The van der Waals surface area contributed by atoms with Gasteiger partial charge in [-0.2, -0.15) is 0 Å². The van der Waals surface area contributed by atoms with E-state index in [9.17, 15) is 4.79 Å². The molecule has 0 bridgehead atoms. The third-order valence-electron chi connectivity index (χ3n) is 2.82. The van der Waals surface area contributed by atoms with Crippen LogP contribution >= 0.6 is 0 Å². The molecule has 0 saturated carbocycles. The molecule has 1 unspecified atom stereocenters. The Morgan fingerprint density at radius 2 is 2.22 bits per heavy atom. The molecule has 18 heavy (non-hydrogen) atoms. The molecule has 100 valence electrons. The summed E-state index contributed by atoms with van der Waals surface area (Å²) in [6.07, 6.45) is 3.17. The predicted octanol–water partition coefficient (Wildman–Crippen LogP) is 1.91. The first-order valence-corrected chi connectivity index (χ1v) is 6.39. The summed E-state index contributed by atoms with van der Waals surface area (Å²) in [7, 11) is 3.93. The molecular formula is C14H23N3O. The SMILES string of the molecule is CCC(NC(=O)CCN(C)C)c1cc(C)ccn1. The number of nitrogens with one attached hydrogen (secondary N) is 1. The normalized spacial score (nSPS) is 12.5. The second kappa shape index (κ2) is 7.11. The first kappa shape index (κ1) is 14.6. The third-order valence-corrected chi connectivity index (χ3v) is 2.82. The Balaban J connectivity index is 2.59. The fourth-order valence-corrected chi connectivity index (χ4v) is 1.73. The summed E-state index contributed by atoms with van der Waals surface area (Å²) in [5.74, 6) is 0.0823. The van der Waals surface area contributed by atoms with Crippen molar-refractivity contribution in [3.05, 3.63) is 29.6 Å². The number of nitrogens with zero attached hydrogens (tertiary/aromatic N) is 2. The fourth-order valence-electron chi connectivity index (χ4n) is 1.73. The van der Waals surface area contributed by atoms with Crippen molar-refractivity contribution in [2.24, 2.45) is 0 Å². The zero-order chi connectivity index (χ0) is 13.5. The molecule has 0 aromatic carbocycles. The Bertz CT molecular complexity index is 390. The second-order valence-corrected chi connectivity index (χ2v) is 4.84. The van der Waals surface area contributed by atoms with Gasteiger partial charge in [-0.3, -0.25) is 9.78 Å². The molecule has 4 nitrogen and oxygen atoms in total. The number of rotatable bonds is 6. The van der Waals surface area contributed by atoms with E-state index in [0.29, 0.717) is 6.42 Å². The molecule has 1 aromatic rings. The van der Waals surface area contributed by atoms with Crippen LogP contribution in [0.25, 0.3) is 0 Å². The summed E-state index contributed by atoms with van der Waals surface area (Å²) in [5, 5.41) is 3.04. The zero-order valence-electron chi connectivity index (χ0n) is 11.7. The van der Waals surface area contributed by atoms with E-state index in [4.69, 9.17) is 0 Å². The lowest BCUT2D eigenvalue weighted by atomic mass is 10.1. The number of aryl methyl sites for hydroxylation is 1. The lowest BCUT2D eigenvalue weighted by Gasteiger charge is -2.17. The van der Waals surface area contributed by atoms with E-state index < -0.39 is 0 Å². The molecule has 1 aromatic heterocycles. The Morgan fingerprint density at radius 1 is 1.50 bits per heavy atom. The molecule has 1 amide bonds. The molecule has 0 spiro atoms. The van der Waals surface area contributed by atoms with Gasteiger partial charge in [0.05, 0.1) is 11.7 Å². The summed E-state index contributed by atoms with van der Waals surface area (Å²) < 4.78 is 0. The highest BCUT2D eigenvalue weighted by Gasteiger charge is 2.13. The number of carbonyl (C=O) groups is 1. The molecule has 0 aliphatic rings. The highest BCUT2D eigenvalue weighted by atomic mass is 16.1. The number of carbonyl (C=O) groups excluding carboxylic acids is 1. The minimum atomic E-state index is 0.0135. The molecule has 1 heterocycles. The standard InChI is InChI=1S/C14H23N3O/c1-5-12(13-10-11(2)6-8-15-13)16-14(18)7-9-17(3)4/h6,8,10,12H,5,7,9H2,1-4H3,(H,16,18). The zero-order valence-corrected chi connectivity index (χ0v) is 11.7. The lowest BCUT2D eigenvalue weighted by molar-refractivity contribution is -0.122. The van der Waals surface area contributed by atoms with Gasteiger partial charge in [-0.1, -0.05) is 6.92 Å². The maximum Gasteiger partial charge on any atom is 0.221 e. The van der Waals surface area contributed by atoms with Gasteiger partial charge in [0.1, 0.15) is 0 Å². The van der Waals surface area contributed by atoms with Crippen LogP contribution < -0.4 is 5.32 Å². The van der Waals surface area contributed by atoms with Gasteiger partial charge in [-0.15, -0.1) is 0 Å². The second-order valence-electron chi connectivity index (χ2n) is 4.84. The topological polar surface area (TPSA) is 45.2 Å². The van der Waals surface area contributed by atoms with Gasteiger partial charge in [0.2, 0.25) is 5.91 Å². The number of aromatic nitrogens is 1. The van der Waals surface area contributed by atoms with Crippen molar-refractivity contribution in [2.75, 3.05) is 20.6 Å². The van der Waals surface area contributed by atoms with Gasteiger partial charge >= 0.3 is 0 Å². The van der Waals surface area contributed by atoms with Crippen molar-refractivity contribution < 1.29 is 4.79 Å². The van der Waals surface area contributed by atoms with Crippen LogP contribution in [-0.2, 0) is 4.79 Å². The predicted molar refractivity (Wildman–Crippen MR) is 73.3 cm³/mol. The highest BCUT2D eigenvalue weighted by molar-refractivity contribution is 5.76. The summed E-state index contributed by atoms with van der Waals surface area (Å²) in [6, 6.07) is 4.00. The molecule has 1 atom stereocenters. The minimum Gasteiger partial charge on any atom is -0.348 e. The van der Waals surface area contributed by atoms with Crippen LogP contribution in [0.3, 0.4) is 0 Å². The Morgan fingerprint density at radius 3 is 2.78 bits per heavy atom. The summed E-state index contributed by atoms with van der Waals surface area (Å²) in [5.41, 5.74) is 2.11. The summed E-state index contributed by atoms with van der Waals surface area (Å²) >= 11 is 0. The van der Waals surface area contributed by atoms with E-state index >= 15 is 0 Å². The van der Waals surface area contributed by atoms with E-state index in [1.807, 2.05) is 38.1 Å². The number of pyridine rings is 1. The average molecular weight is 249 g/mol. The van der Waals surface area contributed by atoms with Crippen molar-refractivity contribution in [3.8, 4) is 0 Å². The Kier molecular flexibility index (Phi) is 5.78. The number of amides is 1. The summed E-state index contributed by atoms with van der Waals surface area (Å²) in [4.78, 5) is 18.1. The van der Waals surface area contributed by atoms with Gasteiger partial charge in [-0.05, 0) is 45.1 Å². The molecule has 0 saturated heterocycles. The summed E-state index contributed by atoms with van der Waals surface area (Å²) in [6.45, 7) is 4.86. The van der Waals surface area contributed by atoms with Crippen molar-refractivity contribution >= 4 is 5.91 Å². The molecule has 1 N–H and O–H groups in total. The van der Waals surface area contributed by atoms with Crippen molar-refractivity contribution in [1.82, 2.24) is 15.2 Å². The molecule has 0 radical (unpaired) electrons. The quantitative estimate of drug-likeness (QED) is 0.837. The van der Waals surface area contributed by atoms with Crippen molar-refractivity contribution in [3.63, 3.8) is 0 Å². The number of hydrogen-bond acceptors (Lipinski definition) is 3. The van der Waals surface area contributed by atoms with Crippen LogP contribution in [0.15, 0.2) is 18.3 Å². The van der Waals surface area contributed by atoms with Gasteiger partial charge in [0, 0.05) is 19.2 Å². The lowest BCUT2D eigenvalue weighted by Crippen LogP contribution is -2.31. The Labute approximate surface area is 109 Å². The monoisotopic (exact) mass is 249 g/mol. The van der Waals surface area contributed by atoms with Crippen LogP contribution in [0.2, 0.25) is 0 Å². The smallest absolute Gasteiger partial charge is 0.221 e. The largest absolute Gasteiger partial charge is 0.348 e. The average Bonchev–Trinajstić information content (AvgIpc) is 2.33. The van der Waals surface area contributed by atoms with Crippen molar-refractivity contribution in [2.45, 2.75) is 32.7 Å². The van der Waals surface area contributed by atoms with Gasteiger partial charge < -0.3 is 10.2 Å². The van der Waals surface area contributed by atoms with E-state index in [1.165, 1.54) is 5.56 Å². The van der Waals surface area contributed by atoms with Crippen LogP contribution in [0.1, 0.15) is 37.1 Å². The maximum atomic E-state index is 11.8. The van der Waals surface area contributed by atoms with Crippen LogP contribution in [0.4, 0.5) is 0 Å².